The van der Waals surface area contributed by atoms with Gasteiger partial charge in [-0.1, -0.05) is 18.2 Å². The van der Waals surface area contributed by atoms with Crippen LogP contribution in [0.3, 0.4) is 0 Å². The first kappa shape index (κ1) is 20.7. The summed E-state index contributed by atoms with van der Waals surface area (Å²) in [5.74, 6) is 0.876. The van der Waals surface area contributed by atoms with Gasteiger partial charge in [-0.2, -0.15) is 0 Å². The van der Waals surface area contributed by atoms with E-state index < -0.39 is 5.60 Å². The van der Waals surface area contributed by atoms with E-state index in [4.69, 9.17) is 14.2 Å². The molecule has 0 spiro atoms. The lowest BCUT2D eigenvalue weighted by molar-refractivity contribution is -0.0510. The number of benzene rings is 1. The van der Waals surface area contributed by atoms with Gasteiger partial charge >= 0.3 is 6.09 Å². The molecule has 1 aromatic rings. The minimum atomic E-state index is -0.501. The van der Waals surface area contributed by atoms with E-state index in [1.54, 1.807) is 0 Å². The third kappa shape index (κ3) is 5.26. The first-order valence-corrected chi connectivity index (χ1v) is 9.90. The van der Waals surface area contributed by atoms with Gasteiger partial charge < -0.3 is 19.1 Å². The smallest absolute Gasteiger partial charge is 0.411 e. The van der Waals surface area contributed by atoms with Crippen LogP contribution in [0.4, 0.5) is 4.79 Å². The highest BCUT2D eigenvalue weighted by Crippen LogP contribution is 2.34. The molecule has 6 nitrogen and oxygen atoms in total. The standard InChI is InChI=1S/C22H32N2O4/c1-22(2,3)28-21(25)24-18-12-17(13-19(24)15-26-14-18)16-6-8-20(9-7-16)27-11-10-23(4)5/h6-9,12,18-19H,10-11,13-15H2,1-5H3. The second kappa shape index (κ2) is 8.53. The Morgan fingerprint density at radius 3 is 2.54 bits per heavy atom. The van der Waals surface area contributed by atoms with E-state index in [1.165, 1.54) is 11.1 Å². The molecule has 2 aliphatic heterocycles. The summed E-state index contributed by atoms with van der Waals surface area (Å²) in [6, 6.07) is 8.13. The molecule has 2 bridgehead atoms. The van der Waals surface area contributed by atoms with Crippen molar-refractivity contribution in [2.24, 2.45) is 0 Å². The minimum absolute atomic E-state index is 0.00428. The van der Waals surface area contributed by atoms with E-state index >= 15 is 0 Å². The second-order valence-electron chi connectivity index (χ2n) is 8.72. The highest BCUT2D eigenvalue weighted by molar-refractivity contribution is 5.75. The lowest BCUT2D eigenvalue weighted by Crippen LogP contribution is -2.57. The van der Waals surface area contributed by atoms with Gasteiger partial charge in [0.05, 0.1) is 25.3 Å². The Morgan fingerprint density at radius 2 is 1.93 bits per heavy atom. The predicted octanol–water partition coefficient (Wildman–Crippen LogP) is 3.42. The molecular weight excluding hydrogens is 356 g/mol. The van der Waals surface area contributed by atoms with E-state index in [2.05, 4.69) is 23.1 Å². The van der Waals surface area contributed by atoms with Crippen LogP contribution in [0.25, 0.3) is 5.57 Å². The van der Waals surface area contributed by atoms with Crippen molar-refractivity contribution < 1.29 is 19.0 Å². The zero-order valence-corrected chi connectivity index (χ0v) is 17.6. The number of fused-ring (bicyclic) bond motifs is 2. The van der Waals surface area contributed by atoms with E-state index in [0.29, 0.717) is 19.8 Å². The number of nitrogens with zero attached hydrogens (tertiary/aromatic N) is 2. The minimum Gasteiger partial charge on any atom is -0.492 e. The maximum Gasteiger partial charge on any atom is 0.411 e. The molecule has 2 atom stereocenters. The Bertz CT molecular complexity index is 706. The van der Waals surface area contributed by atoms with Crippen LogP contribution in [-0.2, 0) is 9.47 Å². The van der Waals surface area contributed by atoms with Crippen LogP contribution >= 0.6 is 0 Å². The Balaban J connectivity index is 1.69. The van der Waals surface area contributed by atoms with Crippen molar-refractivity contribution in [3.8, 4) is 5.75 Å². The fraction of sp³-hybridized carbons (Fsp3) is 0.591. The monoisotopic (exact) mass is 388 g/mol. The van der Waals surface area contributed by atoms with Gasteiger partial charge in [-0.15, -0.1) is 0 Å². The molecule has 0 aromatic heterocycles. The van der Waals surface area contributed by atoms with Crippen LogP contribution in [-0.4, -0.2) is 74.0 Å². The molecule has 154 valence electrons. The van der Waals surface area contributed by atoms with E-state index in [9.17, 15) is 4.79 Å². The third-order valence-electron chi connectivity index (χ3n) is 4.84. The summed E-state index contributed by atoms with van der Waals surface area (Å²) in [5, 5.41) is 0. The highest BCUT2D eigenvalue weighted by atomic mass is 16.6. The van der Waals surface area contributed by atoms with Gasteiger partial charge in [0.25, 0.3) is 0 Å². The second-order valence-corrected chi connectivity index (χ2v) is 8.72. The van der Waals surface area contributed by atoms with Crippen LogP contribution in [0.15, 0.2) is 30.3 Å². The topological polar surface area (TPSA) is 51.2 Å². The molecule has 2 unspecified atom stereocenters. The third-order valence-corrected chi connectivity index (χ3v) is 4.84. The lowest BCUT2D eigenvalue weighted by Gasteiger charge is -2.44. The number of rotatable bonds is 5. The van der Waals surface area contributed by atoms with Crippen molar-refractivity contribution in [1.82, 2.24) is 9.80 Å². The lowest BCUT2D eigenvalue weighted by atomic mass is 9.90. The summed E-state index contributed by atoms with van der Waals surface area (Å²) in [5.41, 5.74) is 1.91. The highest BCUT2D eigenvalue weighted by Gasteiger charge is 2.40. The van der Waals surface area contributed by atoms with Gasteiger partial charge in [0.2, 0.25) is 0 Å². The zero-order valence-electron chi connectivity index (χ0n) is 17.6. The number of carbonyl (C=O) groups excluding carboxylic acids is 1. The molecule has 3 rings (SSSR count). The molecule has 2 heterocycles. The average Bonchev–Trinajstić information content (AvgIpc) is 2.59. The average molecular weight is 389 g/mol. The largest absolute Gasteiger partial charge is 0.492 e. The number of carbonyl (C=O) groups is 1. The van der Waals surface area contributed by atoms with E-state index in [-0.39, 0.29) is 18.2 Å². The molecule has 0 aliphatic carbocycles. The van der Waals surface area contributed by atoms with E-state index in [1.807, 2.05) is 51.9 Å². The number of ether oxygens (including phenoxy) is 3. The quantitative estimate of drug-likeness (QED) is 0.774. The molecular formula is C22H32N2O4. The molecule has 1 fully saturated rings. The van der Waals surface area contributed by atoms with Crippen LogP contribution in [0.5, 0.6) is 5.75 Å². The van der Waals surface area contributed by atoms with Crippen LogP contribution in [0.2, 0.25) is 0 Å². The maximum absolute atomic E-state index is 12.7. The number of hydrogen-bond acceptors (Lipinski definition) is 5. The van der Waals surface area contributed by atoms with Crippen LogP contribution in [0.1, 0.15) is 32.8 Å². The van der Waals surface area contributed by atoms with Crippen molar-refractivity contribution in [3.63, 3.8) is 0 Å². The molecule has 1 saturated heterocycles. The van der Waals surface area contributed by atoms with Gasteiger partial charge in [-0.3, -0.25) is 4.90 Å². The SMILES string of the molecule is CN(C)CCOc1ccc(C2=CC3COCC(C2)N3C(=O)OC(C)(C)C)cc1. The summed E-state index contributed by atoms with van der Waals surface area (Å²) in [4.78, 5) is 16.6. The number of amides is 1. The van der Waals surface area contributed by atoms with Crippen molar-refractivity contribution in [1.29, 1.82) is 0 Å². The summed E-state index contributed by atoms with van der Waals surface area (Å²) in [7, 11) is 4.06. The van der Waals surface area contributed by atoms with Gasteiger partial charge in [-0.25, -0.2) is 4.79 Å². The number of likely N-dealkylation sites (N-methyl/N-ethyl adjacent to an activating group) is 1. The fourth-order valence-corrected chi connectivity index (χ4v) is 3.52. The number of hydrogen-bond donors (Lipinski definition) is 0. The summed E-state index contributed by atoms with van der Waals surface area (Å²) >= 11 is 0. The fourth-order valence-electron chi connectivity index (χ4n) is 3.52. The Kier molecular flexibility index (Phi) is 6.30. The molecule has 0 radical (unpaired) electrons. The van der Waals surface area contributed by atoms with Crippen molar-refractivity contribution >= 4 is 11.7 Å². The van der Waals surface area contributed by atoms with Gasteiger partial charge in [0, 0.05) is 6.54 Å². The molecule has 0 saturated carbocycles. The molecule has 6 heteroatoms. The molecule has 1 amide bonds. The Labute approximate surface area is 168 Å². The van der Waals surface area contributed by atoms with Gasteiger partial charge in [-0.05, 0) is 64.6 Å². The van der Waals surface area contributed by atoms with E-state index in [0.717, 1.165) is 18.7 Å². The van der Waals surface area contributed by atoms with Crippen molar-refractivity contribution in [2.75, 3.05) is 40.5 Å². The Morgan fingerprint density at radius 1 is 1.21 bits per heavy atom. The summed E-state index contributed by atoms with van der Waals surface area (Å²) in [6.45, 7) is 8.28. The van der Waals surface area contributed by atoms with Gasteiger partial charge in [0.1, 0.15) is 18.0 Å². The summed E-state index contributed by atoms with van der Waals surface area (Å²) in [6.07, 6.45) is 2.64. The number of morpholine rings is 1. The van der Waals surface area contributed by atoms with Crippen LogP contribution in [0, 0.1) is 0 Å². The first-order chi connectivity index (χ1) is 13.2. The predicted molar refractivity (Wildman–Crippen MR) is 110 cm³/mol. The molecule has 1 aromatic carbocycles. The summed E-state index contributed by atoms with van der Waals surface area (Å²) < 4.78 is 17.1. The zero-order chi connectivity index (χ0) is 20.3. The van der Waals surface area contributed by atoms with Crippen molar-refractivity contribution in [3.05, 3.63) is 35.9 Å². The van der Waals surface area contributed by atoms with Crippen molar-refractivity contribution in [2.45, 2.75) is 44.9 Å². The Hall–Kier alpha value is -2.05. The van der Waals surface area contributed by atoms with Gasteiger partial charge in [0.15, 0.2) is 0 Å². The van der Waals surface area contributed by atoms with Crippen LogP contribution < -0.4 is 4.74 Å². The molecule has 28 heavy (non-hydrogen) atoms. The normalized spacial score (nSPS) is 22.1. The maximum atomic E-state index is 12.7. The first-order valence-electron chi connectivity index (χ1n) is 9.90. The molecule has 0 N–H and O–H groups in total. The molecule has 2 aliphatic rings.